The van der Waals surface area contributed by atoms with Crippen LogP contribution in [0.3, 0.4) is 0 Å². The first-order chi connectivity index (χ1) is 9.69. The molecule has 0 bridgehead atoms. The summed E-state index contributed by atoms with van der Waals surface area (Å²) in [6.07, 6.45) is 5.31. The van der Waals surface area contributed by atoms with E-state index >= 15 is 0 Å². The summed E-state index contributed by atoms with van der Waals surface area (Å²) >= 11 is 5.89. The van der Waals surface area contributed by atoms with Gasteiger partial charge in [0, 0.05) is 11.3 Å². The first-order valence-corrected chi connectivity index (χ1v) is 6.30. The van der Waals surface area contributed by atoms with Crippen molar-refractivity contribution in [2.75, 3.05) is 11.9 Å². The first-order valence-electron chi connectivity index (χ1n) is 5.93. The summed E-state index contributed by atoms with van der Waals surface area (Å²) in [7, 11) is 0. The Hall–Kier alpha value is -2.44. The molecule has 0 spiro atoms. The summed E-state index contributed by atoms with van der Waals surface area (Å²) in [5.74, 6) is 2.71. The molecule has 1 amide bonds. The van der Waals surface area contributed by atoms with Crippen LogP contribution < -0.4 is 10.1 Å². The van der Waals surface area contributed by atoms with Gasteiger partial charge in [0.1, 0.15) is 5.75 Å². The molecule has 0 aromatic heterocycles. The molecule has 100 valence electrons. The van der Waals surface area contributed by atoms with E-state index in [1.807, 2.05) is 18.2 Å². The SMILES string of the molecule is C#Cc1cc(OCC(=O)Nc2ccccc2)ccc1Cl. The number of carbonyl (C=O) groups excluding carboxylic acids is 1. The molecule has 4 heteroatoms. The molecule has 1 N–H and O–H groups in total. The minimum absolute atomic E-state index is 0.0967. The van der Waals surface area contributed by atoms with Gasteiger partial charge in [-0.2, -0.15) is 0 Å². The molecular formula is C16H12ClNO2. The lowest BCUT2D eigenvalue weighted by molar-refractivity contribution is -0.118. The van der Waals surface area contributed by atoms with Crippen molar-refractivity contribution in [3.05, 3.63) is 59.1 Å². The van der Waals surface area contributed by atoms with Gasteiger partial charge in [-0.05, 0) is 30.3 Å². The van der Waals surface area contributed by atoms with Gasteiger partial charge < -0.3 is 10.1 Å². The van der Waals surface area contributed by atoms with Crippen molar-refractivity contribution in [2.24, 2.45) is 0 Å². The molecule has 2 aromatic carbocycles. The van der Waals surface area contributed by atoms with Gasteiger partial charge in [-0.25, -0.2) is 0 Å². The molecular weight excluding hydrogens is 274 g/mol. The van der Waals surface area contributed by atoms with Gasteiger partial charge in [0.2, 0.25) is 0 Å². The number of benzene rings is 2. The standard InChI is InChI=1S/C16H12ClNO2/c1-2-12-10-14(8-9-15(12)17)20-11-16(19)18-13-6-4-3-5-7-13/h1,3-10H,11H2,(H,18,19). The Morgan fingerprint density at radius 1 is 1.25 bits per heavy atom. The minimum atomic E-state index is -0.242. The van der Waals surface area contributed by atoms with E-state index in [9.17, 15) is 4.79 Å². The summed E-state index contributed by atoms with van der Waals surface area (Å²) in [6, 6.07) is 14.1. The number of rotatable bonds is 4. The lowest BCUT2D eigenvalue weighted by Gasteiger charge is -2.08. The van der Waals surface area contributed by atoms with Crippen LogP contribution in [0.15, 0.2) is 48.5 Å². The van der Waals surface area contributed by atoms with Gasteiger partial charge in [-0.15, -0.1) is 6.42 Å². The Labute approximate surface area is 122 Å². The number of halogens is 1. The zero-order valence-corrected chi connectivity index (χ0v) is 11.4. The molecule has 0 aliphatic carbocycles. The minimum Gasteiger partial charge on any atom is -0.484 e. The highest BCUT2D eigenvalue weighted by atomic mass is 35.5. The van der Waals surface area contributed by atoms with E-state index < -0.39 is 0 Å². The Bertz CT molecular complexity index is 647. The van der Waals surface area contributed by atoms with Crippen molar-refractivity contribution >= 4 is 23.2 Å². The first kappa shape index (κ1) is 14.0. The number of ether oxygens (including phenoxy) is 1. The van der Waals surface area contributed by atoms with Gasteiger partial charge in [0.15, 0.2) is 6.61 Å². The van der Waals surface area contributed by atoms with Crippen molar-refractivity contribution in [1.82, 2.24) is 0 Å². The monoisotopic (exact) mass is 285 g/mol. The van der Waals surface area contributed by atoms with E-state index in [4.69, 9.17) is 22.8 Å². The van der Waals surface area contributed by atoms with Gasteiger partial charge >= 0.3 is 0 Å². The summed E-state index contributed by atoms with van der Waals surface area (Å²) in [5.41, 5.74) is 1.26. The van der Waals surface area contributed by atoms with Crippen molar-refractivity contribution < 1.29 is 9.53 Å². The normalized spacial score (nSPS) is 9.60. The average Bonchev–Trinajstić information content (AvgIpc) is 2.47. The summed E-state index contributed by atoms with van der Waals surface area (Å²) in [6.45, 7) is -0.0967. The highest BCUT2D eigenvalue weighted by Gasteiger charge is 2.05. The Morgan fingerprint density at radius 2 is 2.00 bits per heavy atom. The smallest absolute Gasteiger partial charge is 0.262 e. The van der Waals surface area contributed by atoms with Crippen LogP contribution in [-0.4, -0.2) is 12.5 Å². The highest BCUT2D eigenvalue weighted by Crippen LogP contribution is 2.21. The third kappa shape index (κ3) is 3.78. The van der Waals surface area contributed by atoms with Crippen LogP contribution in [0, 0.1) is 12.3 Å². The van der Waals surface area contributed by atoms with E-state index in [2.05, 4.69) is 11.2 Å². The molecule has 0 unspecified atom stereocenters. The van der Waals surface area contributed by atoms with Gasteiger partial charge in [-0.1, -0.05) is 35.7 Å². The fourth-order valence-corrected chi connectivity index (χ4v) is 1.74. The second kappa shape index (κ2) is 6.65. The Balaban J connectivity index is 1.92. The van der Waals surface area contributed by atoms with Gasteiger partial charge in [0.25, 0.3) is 5.91 Å². The third-order valence-corrected chi connectivity index (χ3v) is 2.85. The zero-order valence-electron chi connectivity index (χ0n) is 10.6. The Morgan fingerprint density at radius 3 is 2.70 bits per heavy atom. The predicted molar refractivity (Wildman–Crippen MR) is 80.0 cm³/mol. The Kier molecular flexibility index (Phi) is 4.65. The number of carbonyl (C=O) groups is 1. The lowest BCUT2D eigenvalue weighted by atomic mass is 10.2. The summed E-state index contributed by atoms with van der Waals surface area (Å²) in [4.78, 5) is 11.7. The molecule has 0 aliphatic heterocycles. The number of terminal acetylenes is 1. The number of amides is 1. The van der Waals surface area contributed by atoms with Crippen LogP contribution in [0.25, 0.3) is 0 Å². The molecule has 0 radical (unpaired) electrons. The van der Waals surface area contributed by atoms with Crippen LogP contribution >= 0.6 is 11.6 Å². The van der Waals surface area contributed by atoms with Crippen LogP contribution in [0.5, 0.6) is 5.75 Å². The fourth-order valence-electron chi connectivity index (χ4n) is 1.57. The van der Waals surface area contributed by atoms with Crippen LogP contribution in [0.1, 0.15) is 5.56 Å². The molecule has 0 aliphatic rings. The van der Waals surface area contributed by atoms with Crippen LogP contribution in [0.2, 0.25) is 5.02 Å². The molecule has 3 nitrogen and oxygen atoms in total. The van der Waals surface area contributed by atoms with E-state index in [1.54, 1.807) is 30.3 Å². The molecule has 0 saturated heterocycles. The fraction of sp³-hybridized carbons (Fsp3) is 0.0625. The number of anilines is 1. The molecule has 20 heavy (non-hydrogen) atoms. The van der Waals surface area contributed by atoms with E-state index in [1.165, 1.54) is 0 Å². The van der Waals surface area contributed by atoms with Crippen molar-refractivity contribution in [3.63, 3.8) is 0 Å². The van der Waals surface area contributed by atoms with Crippen molar-refractivity contribution in [3.8, 4) is 18.1 Å². The molecule has 0 atom stereocenters. The molecule has 0 heterocycles. The average molecular weight is 286 g/mol. The van der Waals surface area contributed by atoms with Crippen LogP contribution in [-0.2, 0) is 4.79 Å². The third-order valence-electron chi connectivity index (χ3n) is 2.52. The van der Waals surface area contributed by atoms with E-state index in [-0.39, 0.29) is 12.5 Å². The number of para-hydroxylation sites is 1. The highest BCUT2D eigenvalue weighted by molar-refractivity contribution is 6.31. The topological polar surface area (TPSA) is 38.3 Å². The zero-order chi connectivity index (χ0) is 14.4. The number of nitrogens with one attached hydrogen (secondary N) is 1. The maximum absolute atomic E-state index is 11.7. The lowest BCUT2D eigenvalue weighted by Crippen LogP contribution is -2.20. The van der Waals surface area contributed by atoms with Crippen molar-refractivity contribution in [2.45, 2.75) is 0 Å². The van der Waals surface area contributed by atoms with Crippen molar-refractivity contribution in [1.29, 1.82) is 0 Å². The van der Waals surface area contributed by atoms with Gasteiger partial charge in [0.05, 0.1) is 5.02 Å². The molecule has 2 aromatic rings. The van der Waals surface area contributed by atoms with Crippen LogP contribution in [0.4, 0.5) is 5.69 Å². The van der Waals surface area contributed by atoms with Gasteiger partial charge in [-0.3, -0.25) is 4.79 Å². The maximum Gasteiger partial charge on any atom is 0.262 e. The quantitative estimate of drug-likeness (QED) is 0.875. The molecule has 0 fully saturated rings. The van der Waals surface area contributed by atoms with E-state index in [0.29, 0.717) is 16.3 Å². The predicted octanol–water partition coefficient (Wildman–Crippen LogP) is 3.34. The largest absolute Gasteiger partial charge is 0.484 e. The summed E-state index contributed by atoms with van der Waals surface area (Å²) < 4.78 is 5.37. The molecule has 0 saturated carbocycles. The second-order valence-electron chi connectivity index (χ2n) is 3.99. The number of hydrogen-bond acceptors (Lipinski definition) is 2. The van der Waals surface area contributed by atoms with E-state index in [0.717, 1.165) is 5.69 Å². The number of hydrogen-bond donors (Lipinski definition) is 1. The second-order valence-corrected chi connectivity index (χ2v) is 4.40. The molecule has 2 rings (SSSR count). The summed E-state index contributed by atoms with van der Waals surface area (Å²) in [5, 5.41) is 3.20. The maximum atomic E-state index is 11.7.